The minimum Gasteiger partial charge on any atom is -0.478 e. The van der Waals surface area contributed by atoms with Crippen molar-refractivity contribution in [2.45, 2.75) is 6.92 Å². The molecule has 0 aromatic heterocycles. The summed E-state index contributed by atoms with van der Waals surface area (Å²) in [6.07, 6.45) is 0. The minimum atomic E-state index is -1.31. The highest BCUT2D eigenvalue weighted by Crippen LogP contribution is 2.17. The van der Waals surface area contributed by atoms with Crippen LogP contribution in [0.15, 0.2) is 42.5 Å². The molecule has 0 bridgehead atoms. The first-order chi connectivity index (χ1) is 11.8. The summed E-state index contributed by atoms with van der Waals surface area (Å²) in [4.78, 5) is 45.3. The molecule has 8 heteroatoms. The van der Waals surface area contributed by atoms with Crippen LogP contribution < -0.4 is 10.6 Å². The van der Waals surface area contributed by atoms with Crippen molar-refractivity contribution in [3.05, 3.63) is 59.2 Å². The van der Waals surface area contributed by atoms with E-state index in [0.717, 1.165) is 6.07 Å². The largest absolute Gasteiger partial charge is 0.478 e. The van der Waals surface area contributed by atoms with E-state index >= 15 is 0 Å². The fourth-order valence-corrected chi connectivity index (χ4v) is 2.06. The zero-order chi connectivity index (χ0) is 18.6. The molecule has 0 aliphatic rings. The van der Waals surface area contributed by atoms with Crippen LogP contribution in [0.5, 0.6) is 0 Å². The Morgan fingerprint density at radius 1 is 0.720 bits per heavy atom. The second-order valence-corrected chi connectivity index (χ2v) is 5.12. The molecule has 0 aliphatic carbocycles. The number of anilines is 2. The predicted octanol–water partition coefficient (Wildman–Crippen LogP) is 2.29. The highest BCUT2D eigenvalue weighted by Gasteiger charge is 2.13. The molecule has 25 heavy (non-hydrogen) atoms. The van der Waals surface area contributed by atoms with Crippen LogP contribution in [0.2, 0.25) is 0 Å². The number of carboxylic acid groups (broad SMARTS) is 2. The fourth-order valence-electron chi connectivity index (χ4n) is 2.06. The van der Waals surface area contributed by atoms with Crippen LogP contribution in [0.1, 0.15) is 38.0 Å². The summed E-state index contributed by atoms with van der Waals surface area (Å²) in [5.41, 5.74) is 0.317. The number of aromatic carboxylic acids is 2. The third-order valence-electron chi connectivity index (χ3n) is 3.15. The van der Waals surface area contributed by atoms with E-state index in [1.165, 1.54) is 43.3 Å². The average Bonchev–Trinajstić information content (AvgIpc) is 2.54. The van der Waals surface area contributed by atoms with E-state index in [0.29, 0.717) is 5.69 Å². The van der Waals surface area contributed by atoms with E-state index in [4.69, 9.17) is 10.2 Å². The highest BCUT2D eigenvalue weighted by molar-refractivity contribution is 6.06. The van der Waals surface area contributed by atoms with Crippen molar-refractivity contribution in [3.63, 3.8) is 0 Å². The smallest absolute Gasteiger partial charge is 0.335 e. The van der Waals surface area contributed by atoms with Crippen molar-refractivity contribution in [3.8, 4) is 0 Å². The second kappa shape index (κ2) is 7.26. The quantitative estimate of drug-likeness (QED) is 0.659. The number of carboxylic acids is 2. The van der Waals surface area contributed by atoms with Gasteiger partial charge in [-0.3, -0.25) is 9.59 Å². The highest BCUT2D eigenvalue weighted by atomic mass is 16.4. The third-order valence-corrected chi connectivity index (χ3v) is 3.15. The first-order valence-corrected chi connectivity index (χ1v) is 7.07. The van der Waals surface area contributed by atoms with E-state index in [1.807, 2.05) is 0 Å². The molecule has 2 aromatic carbocycles. The molecule has 128 valence electrons. The molecule has 2 rings (SSSR count). The van der Waals surface area contributed by atoms with Crippen molar-refractivity contribution >= 4 is 35.1 Å². The lowest BCUT2D eigenvalue weighted by Crippen LogP contribution is -2.14. The first kappa shape index (κ1) is 17.7. The maximum absolute atomic E-state index is 12.2. The van der Waals surface area contributed by atoms with Crippen molar-refractivity contribution in [1.82, 2.24) is 0 Å². The van der Waals surface area contributed by atoms with Gasteiger partial charge in [0.05, 0.1) is 11.1 Å². The predicted molar refractivity (Wildman–Crippen MR) is 89.1 cm³/mol. The van der Waals surface area contributed by atoms with Crippen LogP contribution in [0.25, 0.3) is 0 Å². The average molecular weight is 342 g/mol. The Kier molecular flexibility index (Phi) is 5.13. The Balaban J connectivity index is 2.23. The van der Waals surface area contributed by atoms with E-state index < -0.39 is 17.8 Å². The Morgan fingerprint density at radius 2 is 1.24 bits per heavy atom. The molecule has 2 aromatic rings. The molecule has 0 aliphatic heterocycles. The zero-order valence-electron chi connectivity index (χ0n) is 13.1. The Bertz CT molecular complexity index is 826. The van der Waals surface area contributed by atoms with Crippen molar-refractivity contribution in [2.75, 3.05) is 10.6 Å². The van der Waals surface area contributed by atoms with Gasteiger partial charge >= 0.3 is 11.9 Å². The summed E-state index contributed by atoms with van der Waals surface area (Å²) in [7, 11) is 0. The number of carbonyl (C=O) groups is 4. The molecular formula is C17H14N2O6. The van der Waals surface area contributed by atoms with Gasteiger partial charge in [0.15, 0.2) is 0 Å². The number of hydrogen-bond acceptors (Lipinski definition) is 4. The fraction of sp³-hybridized carbons (Fsp3) is 0.0588. The molecule has 0 heterocycles. The van der Waals surface area contributed by atoms with E-state index in [1.54, 1.807) is 0 Å². The Labute approximate surface area is 142 Å². The number of amides is 2. The minimum absolute atomic E-state index is 0.0493. The van der Waals surface area contributed by atoms with Crippen LogP contribution in [0.3, 0.4) is 0 Å². The molecule has 0 fully saturated rings. The monoisotopic (exact) mass is 342 g/mol. The molecule has 0 unspecified atom stereocenters. The number of nitrogens with one attached hydrogen (secondary N) is 2. The van der Waals surface area contributed by atoms with Gasteiger partial charge in [0.1, 0.15) is 0 Å². The topological polar surface area (TPSA) is 133 Å². The molecule has 0 spiro atoms. The first-order valence-electron chi connectivity index (χ1n) is 7.07. The standard InChI is InChI=1S/C17H14N2O6/c1-9(20)18-13-4-2-10(3-5-13)15(21)19-14-7-11(16(22)23)6-12(8-14)17(24)25/h2-8H,1H3,(H,18,20)(H,19,21)(H,22,23)(H,24,25). The van der Waals surface area contributed by atoms with Crippen LogP contribution in [0, 0.1) is 0 Å². The summed E-state index contributed by atoms with van der Waals surface area (Å²) >= 11 is 0. The molecule has 0 radical (unpaired) electrons. The number of benzene rings is 2. The lowest BCUT2D eigenvalue weighted by Gasteiger charge is -2.09. The lowest BCUT2D eigenvalue weighted by atomic mass is 10.1. The van der Waals surface area contributed by atoms with Gasteiger partial charge in [-0.25, -0.2) is 9.59 Å². The molecule has 2 amide bonds. The number of carbonyl (C=O) groups excluding carboxylic acids is 2. The Hall–Kier alpha value is -3.68. The maximum atomic E-state index is 12.2. The zero-order valence-corrected chi connectivity index (χ0v) is 13.1. The van der Waals surface area contributed by atoms with Gasteiger partial charge in [-0.15, -0.1) is 0 Å². The summed E-state index contributed by atoms with van der Waals surface area (Å²) in [6.45, 7) is 1.36. The molecule has 0 atom stereocenters. The van der Waals surface area contributed by atoms with E-state index in [2.05, 4.69) is 10.6 Å². The van der Waals surface area contributed by atoms with Gasteiger partial charge in [0.2, 0.25) is 5.91 Å². The SMILES string of the molecule is CC(=O)Nc1ccc(C(=O)Nc2cc(C(=O)O)cc(C(=O)O)c2)cc1. The van der Waals surface area contributed by atoms with Crippen LogP contribution >= 0.6 is 0 Å². The van der Waals surface area contributed by atoms with E-state index in [-0.39, 0.29) is 28.3 Å². The van der Waals surface area contributed by atoms with Gasteiger partial charge in [0.25, 0.3) is 5.91 Å². The third kappa shape index (κ3) is 4.64. The van der Waals surface area contributed by atoms with Crippen LogP contribution in [-0.2, 0) is 4.79 Å². The summed E-state index contributed by atoms with van der Waals surface area (Å²) in [5.74, 6) is -3.41. The van der Waals surface area contributed by atoms with Gasteiger partial charge in [0, 0.05) is 23.9 Å². The lowest BCUT2D eigenvalue weighted by molar-refractivity contribution is -0.114. The molecule has 4 N–H and O–H groups in total. The molecule has 0 saturated heterocycles. The second-order valence-electron chi connectivity index (χ2n) is 5.12. The normalized spacial score (nSPS) is 9.96. The van der Waals surface area contributed by atoms with Crippen LogP contribution in [-0.4, -0.2) is 34.0 Å². The van der Waals surface area contributed by atoms with Crippen molar-refractivity contribution in [2.24, 2.45) is 0 Å². The van der Waals surface area contributed by atoms with Gasteiger partial charge < -0.3 is 20.8 Å². The summed E-state index contributed by atoms with van der Waals surface area (Å²) in [5, 5.41) is 23.1. The maximum Gasteiger partial charge on any atom is 0.335 e. The number of rotatable bonds is 5. The summed E-state index contributed by atoms with van der Waals surface area (Å²) in [6, 6.07) is 9.35. The van der Waals surface area contributed by atoms with Gasteiger partial charge in [-0.2, -0.15) is 0 Å². The number of hydrogen-bond donors (Lipinski definition) is 4. The van der Waals surface area contributed by atoms with Crippen LogP contribution in [0.4, 0.5) is 11.4 Å². The molecular weight excluding hydrogens is 328 g/mol. The van der Waals surface area contributed by atoms with Gasteiger partial charge in [-0.1, -0.05) is 0 Å². The Morgan fingerprint density at radius 3 is 1.68 bits per heavy atom. The molecule has 8 nitrogen and oxygen atoms in total. The van der Waals surface area contributed by atoms with Crippen molar-refractivity contribution < 1.29 is 29.4 Å². The molecule has 0 saturated carbocycles. The van der Waals surface area contributed by atoms with Crippen molar-refractivity contribution in [1.29, 1.82) is 0 Å². The van der Waals surface area contributed by atoms with Gasteiger partial charge in [-0.05, 0) is 42.5 Å². The van der Waals surface area contributed by atoms with E-state index in [9.17, 15) is 19.2 Å². The summed E-state index contributed by atoms with van der Waals surface area (Å²) < 4.78 is 0.